The smallest absolute Gasteiger partial charge is 0.00773 e. The van der Waals surface area contributed by atoms with Gasteiger partial charge in [-0.3, -0.25) is 0 Å². The lowest BCUT2D eigenvalue weighted by atomic mass is 10.1. The molecular weight excluding hydrogens is 172 g/mol. The fourth-order valence-corrected chi connectivity index (χ4v) is 0.697. The van der Waals surface area contributed by atoms with E-state index in [0.717, 1.165) is 19.0 Å². The van der Waals surface area contributed by atoms with Gasteiger partial charge in [0.15, 0.2) is 0 Å². The van der Waals surface area contributed by atoms with E-state index in [1.165, 1.54) is 25.7 Å². The van der Waals surface area contributed by atoms with Crippen molar-refractivity contribution in [1.82, 2.24) is 0 Å². The predicted octanol–water partition coefficient (Wildman–Crippen LogP) is 3.15. The molecule has 0 aliphatic rings. The molecule has 0 atom stereocenters. The second kappa shape index (κ2) is 23.1. The number of nitrogens with two attached hydrogens (primary N) is 2. The van der Waals surface area contributed by atoms with Crippen LogP contribution in [0.2, 0.25) is 0 Å². The van der Waals surface area contributed by atoms with Crippen molar-refractivity contribution < 1.29 is 0 Å². The van der Waals surface area contributed by atoms with Crippen LogP contribution in [0.1, 0.15) is 60.3 Å². The third kappa shape index (κ3) is 58.7. The topological polar surface area (TPSA) is 52.0 Å². The van der Waals surface area contributed by atoms with Crippen molar-refractivity contribution in [3.63, 3.8) is 0 Å². The fourth-order valence-electron chi connectivity index (χ4n) is 0.697. The lowest BCUT2D eigenvalue weighted by molar-refractivity contribution is 0.541. The van der Waals surface area contributed by atoms with E-state index in [4.69, 9.17) is 11.5 Å². The fraction of sp³-hybridized carbons (Fsp3) is 1.00. The Morgan fingerprint density at radius 3 is 1.50 bits per heavy atom. The van der Waals surface area contributed by atoms with Crippen LogP contribution in [0.3, 0.4) is 0 Å². The molecule has 0 rings (SSSR count). The number of unbranched alkanes of at least 4 members (excludes halogenated alkanes) is 1. The quantitative estimate of drug-likeness (QED) is 0.691. The van der Waals surface area contributed by atoms with E-state index in [0.29, 0.717) is 0 Å². The second-order valence-electron chi connectivity index (χ2n) is 3.79. The van der Waals surface area contributed by atoms with Crippen LogP contribution in [-0.4, -0.2) is 13.1 Å². The number of hydrogen-bond donors (Lipinski definition) is 2. The van der Waals surface area contributed by atoms with E-state index < -0.39 is 0 Å². The van der Waals surface area contributed by atoms with Crippen LogP contribution >= 0.6 is 0 Å². The van der Waals surface area contributed by atoms with Crippen molar-refractivity contribution in [1.29, 1.82) is 0 Å². The molecular formula is C12H32N2. The molecule has 0 saturated heterocycles. The van der Waals surface area contributed by atoms with Gasteiger partial charge in [-0.05, 0) is 25.4 Å². The van der Waals surface area contributed by atoms with Crippen LogP contribution < -0.4 is 11.5 Å². The van der Waals surface area contributed by atoms with E-state index in [1.54, 1.807) is 0 Å². The highest BCUT2D eigenvalue weighted by molar-refractivity contribution is 4.45. The lowest BCUT2D eigenvalue weighted by Crippen LogP contribution is -1.98. The van der Waals surface area contributed by atoms with Crippen LogP contribution in [0.5, 0.6) is 0 Å². The average Bonchev–Trinajstić information content (AvgIpc) is 2.07. The Bertz CT molecular complexity index is 61.3. The third-order valence-corrected chi connectivity index (χ3v) is 1.24. The molecule has 0 unspecified atom stereocenters. The van der Waals surface area contributed by atoms with Crippen molar-refractivity contribution >= 4 is 0 Å². The molecule has 0 saturated carbocycles. The molecule has 0 aromatic carbocycles. The summed E-state index contributed by atoms with van der Waals surface area (Å²) in [4.78, 5) is 0. The molecule has 2 nitrogen and oxygen atoms in total. The molecule has 14 heavy (non-hydrogen) atoms. The number of hydrogen-bond acceptors (Lipinski definition) is 2. The third-order valence-electron chi connectivity index (χ3n) is 1.24. The summed E-state index contributed by atoms with van der Waals surface area (Å²) in [6, 6.07) is 0. The minimum Gasteiger partial charge on any atom is -0.331 e. The summed E-state index contributed by atoms with van der Waals surface area (Å²) < 4.78 is 0. The molecule has 0 aromatic rings. The van der Waals surface area contributed by atoms with Gasteiger partial charge in [0.2, 0.25) is 0 Å². The first-order valence-electron chi connectivity index (χ1n) is 6.00. The zero-order valence-corrected chi connectivity index (χ0v) is 11.0. The summed E-state index contributed by atoms with van der Waals surface area (Å²) in [7, 11) is 0. The molecule has 4 N–H and O–H groups in total. The maximum atomic E-state index is 5.31. The van der Waals surface area contributed by atoms with E-state index in [-0.39, 0.29) is 0 Å². The Morgan fingerprint density at radius 2 is 1.29 bits per heavy atom. The summed E-state index contributed by atoms with van der Waals surface area (Å²) >= 11 is 0. The molecule has 0 aromatic heterocycles. The van der Waals surface area contributed by atoms with Crippen molar-refractivity contribution in [2.24, 2.45) is 17.4 Å². The van der Waals surface area contributed by atoms with Crippen LogP contribution in [0.25, 0.3) is 0 Å². The van der Waals surface area contributed by atoms with Gasteiger partial charge in [-0.25, -0.2) is 0 Å². The molecule has 0 radical (unpaired) electrons. The van der Waals surface area contributed by atoms with E-state index >= 15 is 0 Å². The normalized spacial score (nSPS) is 8.57. The minimum absolute atomic E-state index is 0.750. The van der Waals surface area contributed by atoms with E-state index in [2.05, 4.69) is 27.7 Å². The highest BCUT2D eigenvalue weighted by atomic mass is 14.5. The predicted molar refractivity (Wildman–Crippen MR) is 68.4 cm³/mol. The molecule has 0 aliphatic carbocycles. The summed E-state index contributed by atoms with van der Waals surface area (Å²) in [5, 5.41) is 0. The zero-order valence-electron chi connectivity index (χ0n) is 11.0. The van der Waals surface area contributed by atoms with Gasteiger partial charge in [0.1, 0.15) is 0 Å². The van der Waals surface area contributed by atoms with Gasteiger partial charge >= 0.3 is 0 Å². The molecule has 0 bridgehead atoms. The Balaban J connectivity index is -0.000000168. The standard InChI is InChI=1S/C7H17N.C3H8.C2H7N/c1-7(2)5-3-4-6-8;1-3-2;1-2-3/h7H,3-6,8H2,1-2H3;3H2,1-2H3;2-3H2,1H3. The molecule has 90 valence electrons. The van der Waals surface area contributed by atoms with Crippen LogP contribution in [0.15, 0.2) is 0 Å². The second-order valence-corrected chi connectivity index (χ2v) is 3.79. The van der Waals surface area contributed by atoms with Gasteiger partial charge in [-0.1, -0.05) is 53.9 Å². The molecule has 0 amide bonds. The largest absolute Gasteiger partial charge is 0.331 e. The van der Waals surface area contributed by atoms with Gasteiger partial charge in [0.25, 0.3) is 0 Å². The van der Waals surface area contributed by atoms with Crippen LogP contribution in [0, 0.1) is 5.92 Å². The Kier molecular flexibility index (Phi) is 32.1. The summed E-state index contributed by atoms with van der Waals surface area (Å²) in [6.07, 6.45) is 5.07. The molecule has 0 heterocycles. The minimum atomic E-state index is 0.750. The summed E-state index contributed by atoms with van der Waals surface area (Å²) in [6.45, 7) is 12.2. The van der Waals surface area contributed by atoms with Gasteiger partial charge in [0.05, 0.1) is 0 Å². The molecule has 0 aliphatic heterocycles. The van der Waals surface area contributed by atoms with Crippen LogP contribution in [0.4, 0.5) is 0 Å². The summed E-state index contributed by atoms with van der Waals surface area (Å²) in [5.74, 6) is 0.849. The lowest BCUT2D eigenvalue weighted by Gasteiger charge is -2.00. The van der Waals surface area contributed by atoms with Crippen molar-refractivity contribution in [3.05, 3.63) is 0 Å². The van der Waals surface area contributed by atoms with E-state index in [1.807, 2.05) is 6.92 Å². The SMILES string of the molecule is CC(C)CCCCN.CCC.CCN. The monoisotopic (exact) mass is 204 g/mol. The van der Waals surface area contributed by atoms with Gasteiger partial charge < -0.3 is 11.5 Å². The first-order chi connectivity index (χ1) is 6.60. The zero-order chi connectivity index (χ0) is 11.8. The average molecular weight is 204 g/mol. The van der Waals surface area contributed by atoms with Crippen molar-refractivity contribution in [2.45, 2.75) is 60.3 Å². The van der Waals surface area contributed by atoms with Crippen LogP contribution in [-0.2, 0) is 0 Å². The van der Waals surface area contributed by atoms with Crippen molar-refractivity contribution in [2.75, 3.05) is 13.1 Å². The molecule has 2 heteroatoms. The van der Waals surface area contributed by atoms with Gasteiger partial charge in [0, 0.05) is 0 Å². The Hall–Kier alpha value is -0.0800. The van der Waals surface area contributed by atoms with Gasteiger partial charge in [-0.15, -0.1) is 0 Å². The maximum Gasteiger partial charge on any atom is -0.00773 e. The maximum absolute atomic E-state index is 5.31. The van der Waals surface area contributed by atoms with E-state index in [9.17, 15) is 0 Å². The molecule has 0 fully saturated rings. The number of rotatable bonds is 4. The highest BCUT2D eigenvalue weighted by Crippen LogP contribution is 2.04. The van der Waals surface area contributed by atoms with Gasteiger partial charge in [-0.2, -0.15) is 0 Å². The van der Waals surface area contributed by atoms with Crippen molar-refractivity contribution in [3.8, 4) is 0 Å². The first-order valence-corrected chi connectivity index (χ1v) is 6.00. The molecule has 0 spiro atoms. The Morgan fingerprint density at radius 1 is 0.929 bits per heavy atom. The Labute approximate surface area is 91.4 Å². The summed E-state index contributed by atoms with van der Waals surface area (Å²) in [5.41, 5.74) is 10.2. The highest BCUT2D eigenvalue weighted by Gasteiger charge is 1.90. The first kappa shape index (κ1) is 19.5.